The van der Waals surface area contributed by atoms with Gasteiger partial charge < -0.3 is 15.4 Å². The Hall–Kier alpha value is -0.610. The van der Waals surface area contributed by atoms with Crippen molar-refractivity contribution in [3.63, 3.8) is 0 Å². The minimum Gasteiger partial charge on any atom is -0.378 e. The second-order valence-electron chi connectivity index (χ2n) is 4.43. The average molecular weight is 212 g/mol. The summed E-state index contributed by atoms with van der Waals surface area (Å²) in [6.45, 7) is 2.83. The third-order valence-electron chi connectivity index (χ3n) is 3.14. The maximum atomic E-state index is 10.9. The number of ether oxygens (including phenoxy) is 1. The van der Waals surface area contributed by atoms with Crippen LogP contribution in [0.5, 0.6) is 0 Å². The summed E-state index contributed by atoms with van der Waals surface area (Å²) >= 11 is 0. The van der Waals surface area contributed by atoms with Crippen molar-refractivity contribution in [2.45, 2.75) is 44.2 Å². The average Bonchev–Trinajstić information content (AvgIpc) is 2.84. The van der Waals surface area contributed by atoms with Gasteiger partial charge in [0.25, 0.3) is 0 Å². The SMILES string of the molecule is O=C1CCC(CNCCC2CCCO2)N1. The van der Waals surface area contributed by atoms with Gasteiger partial charge in [0.15, 0.2) is 0 Å². The summed E-state index contributed by atoms with van der Waals surface area (Å²) in [4.78, 5) is 10.9. The van der Waals surface area contributed by atoms with Crippen LogP contribution in [-0.4, -0.2) is 37.7 Å². The zero-order valence-electron chi connectivity index (χ0n) is 9.13. The summed E-state index contributed by atoms with van der Waals surface area (Å²) in [6, 6.07) is 0.349. The molecule has 2 unspecified atom stereocenters. The zero-order chi connectivity index (χ0) is 10.5. The number of rotatable bonds is 5. The highest BCUT2D eigenvalue weighted by Gasteiger charge is 2.20. The van der Waals surface area contributed by atoms with Crippen LogP contribution < -0.4 is 10.6 Å². The van der Waals surface area contributed by atoms with E-state index in [1.807, 2.05) is 0 Å². The summed E-state index contributed by atoms with van der Waals surface area (Å²) < 4.78 is 5.53. The molecular weight excluding hydrogens is 192 g/mol. The molecule has 2 heterocycles. The number of carbonyl (C=O) groups is 1. The Morgan fingerprint density at radius 3 is 3.07 bits per heavy atom. The third kappa shape index (κ3) is 3.47. The van der Waals surface area contributed by atoms with Crippen LogP contribution in [0, 0.1) is 0 Å². The van der Waals surface area contributed by atoms with E-state index in [0.29, 0.717) is 18.6 Å². The number of hydrogen-bond donors (Lipinski definition) is 2. The molecule has 0 bridgehead atoms. The Bertz CT molecular complexity index is 215. The van der Waals surface area contributed by atoms with E-state index in [1.165, 1.54) is 12.8 Å². The molecule has 2 N–H and O–H groups in total. The molecule has 86 valence electrons. The Labute approximate surface area is 90.8 Å². The Kier molecular flexibility index (Phi) is 3.97. The molecule has 0 spiro atoms. The van der Waals surface area contributed by atoms with Crippen LogP contribution in [0.2, 0.25) is 0 Å². The second-order valence-corrected chi connectivity index (χ2v) is 4.43. The van der Waals surface area contributed by atoms with Crippen LogP contribution in [0.15, 0.2) is 0 Å². The maximum absolute atomic E-state index is 10.9. The first-order chi connectivity index (χ1) is 7.34. The molecule has 0 aromatic rings. The van der Waals surface area contributed by atoms with Crippen molar-refractivity contribution in [3.8, 4) is 0 Å². The van der Waals surface area contributed by atoms with E-state index in [1.54, 1.807) is 0 Å². The van der Waals surface area contributed by atoms with Gasteiger partial charge in [-0.2, -0.15) is 0 Å². The Balaban J connectivity index is 1.49. The summed E-state index contributed by atoms with van der Waals surface area (Å²) in [5.74, 6) is 0.195. The van der Waals surface area contributed by atoms with Gasteiger partial charge in [0.1, 0.15) is 0 Å². The summed E-state index contributed by atoms with van der Waals surface area (Å²) in [5, 5.41) is 6.33. The van der Waals surface area contributed by atoms with Crippen LogP contribution in [0.1, 0.15) is 32.1 Å². The fourth-order valence-corrected chi connectivity index (χ4v) is 2.24. The van der Waals surface area contributed by atoms with E-state index in [0.717, 1.165) is 32.5 Å². The zero-order valence-corrected chi connectivity index (χ0v) is 9.13. The van der Waals surface area contributed by atoms with Gasteiger partial charge >= 0.3 is 0 Å². The minimum absolute atomic E-state index is 0.195. The van der Waals surface area contributed by atoms with Gasteiger partial charge in [0, 0.05) is 25.6 Å². The molecule has 4 heteroatoms. The van der Waals surface area contributed by atoms with Crippen LogP contribution >= 0.6 is 0 Å². The fraction of sp³-hybridized carbons (Fsp3) is 0.909. The molecule has 0 aromatic heterocycles. The molecule has 1 amide bonds. The third-order valence-corrected chi connectivity index (χ3v) is 3.14. The molecule has 2 saturated heterocycles. The molecule has 15 heavy (non-hydrogen) atoms. The highest BCUT2D eigenvalue weighted by Crippen LogP contribution is 2.14. The second kappa shape index (κ2) is 5.47. The number of amides is 1. The first kappa shape index (κ1) is 10.9. The molecule has 2 aliphatic heterocycles. The standard InChI is InChI=1S/C11H20N2O2/c14-11-4-3-9(13-11)8-12-6-5-10-2-1-7-15-10/h9-10,12H,1-8H2,(H,13,14). The molecule has 2 atom stereocenters. The van der Waals surface area contributed by atoms with E-state index in [9.17, 15) is 4.79 Å². The molecule has 0 aliphatic carbocycles. The van der Waals surface area contributed by atoms with Crippen molar-refractivity contribution >= 4 is 5.91 Å². The summed E-state index contributed by atoms with van der Waals surface area (Å²) in [7, 11) is 0. The lowest BCUT2D eigenvalue weighted by atomic mass is 10.2. The predicted octanol–water partition coefficient (Wildman–Crippen LogP) is 0.424. The van der Waals surface area contributed by atoms with Gasteiger partial charge in [-0.3, -0.25) is 4.79 Å². The molecule has 2 aliphatic rings. The smallest absolute Gasteiger partial charge is 0.220 e. The van der Waals surface area contributed by atoms with Crippen molar-refractivity contribution in [3.05, 3.63) is 0 Å². The monoisotopic (exact) mass is 212 g/mol. The van der Waals surface area contributed by atoms with Crippen LogP contribution in [0.3, 0.4) is 0 Å². The van der Waals surface area contributed by atoms with Gasteiger partial charge in [0.2, 0.25) is 5.91 Å². The number of hydrogen-bond acceptors (Lipinski definition) is 3. The lowest BCUT2D eigenvalue weighted by Crippen LogP contribution is -2.36. The highest BCUT2D eigenvalue weighted by molar-refractivity contribution is 5.78. The predicted molar refractivity (Wildman–Crippen MR) is 57.6 cm³/mol. The molecule has 2 rings (SSSR count). The van der Waals surface area contributed by atoms with E-state index in [4.69, 9.17) is 4.74 Å². The summed E-state index contributed by atoms with van der Waals surface area (Å²) in [5.41, 5.74) is 0. The van der Waals surface area contributed by atoms with E-state index >= 15 is 0 Å². The van der Waals surface area contributed by atoms with Crippen molar-refractivity contribution in [1.29, 1.82) is 0 Å². The lowest BCUT2D eigenvalue weighted by Gasteiger charge is -2.13. The maximum Gasteiger partial charge on any atom is 0.220 e. The van der Waals surface area contributed by atoms with E-state index in [-0.39, 0.29) is 5.91 Å². The van der Waals surface area contributed by atoms with Crippen LogP contribution in [0.4, 0.5) is 0 Å². The molecule has 2 fully saturated rings. The Morgan fingerprint density at radius 1 is 1.47 bits per heavy atom. The quantitative estimate of drug-likeness (QED) is 0.650. The van der Waals surface area contributed by atoms with Crippen molar-refractivity contribution in [1.82, 2.24) is 10.6 Å². The lowest BCUT2D eigenvalue weighted by molar-refractivity contribution is -0.119. The van der Waals surface area contributed by atoms with Crippen molar-refractivity contribution < 1.29 is 9.53 Å². The normalized spacial score (nSPS) is 30.8. The van der Waals surface area contributed by atoms with Gasteiger partial charge in [0.05, 0.1) is 6.10 Å². The van der Waals surface area contributed by atoms with Crippen molar-refractivity contribution in [2.75, 3.05) is 19.7 Å². The minimum atomic E-state index is 0.195. The fourth-order valence-electron chi connectivity index (χ4n) is 2.24. The van der Waals surface area contributed by atoms with E-state index < -0.39 is 0 Å². The topological polar surface area (TPSA) is 50.4 Å². The van der Waals surface area contributed by atoms with E-state index in [2.05, 4.69) is 10.6 Å². The molecule has 4 nitrogen and oxygen atoms in total. The molecule has 0 aromatic carbocycles. The van der Waals surface area contributed by atoms with Gasteiger partial charge in [-0.15, -0.1) is 0 Å². The largest absolute Gasteiger partial charge is 0.378 e. The first-order valence-electron chi connectivity index (χ1n) is 5.96. The van der Waals surface area contributed by atoms with Crippen LogP contribution in [-0.2, 0) is 9.53 Å². The number of carbonyl (C=O) groups excluding carboxylic acids is 1. The first-order valence-corrected chi connectivity index (χ1v) is 5.96. The Morgan fingerprint density at radius 2 is 2.40 bits per heavy atom. The molecular formula is C11H20N2O2. The number of nitrogens with one attached hydrogen (secondary N) is 2. The molecule has 0 radical (unpaired) electrons. The summed E-state index contributed by atoms with van der Waals surface area (Å²) in [6.07, 6.45) is 5.66. The van der Waals surface area contributed by atoms with Gasteiger partial charge in [-0.1, -0.05) is 0 Å². The van der Waals surface area contributed by atoms with Crippen LogP contribution in [0.25, 0.3) is 0 Å². The highest BCUT2D eigenvalue weighted by atomic mass is 16.5. The van der Waals surface area contributed by atoms with Gasteiger partial charge in [-0.25, -0.2) is 0 Å². The van der Waals surface area contributed by atoms with Gasteiger partial charge in [-0.05, 0) is 32.2 Å². The van der Waals surface area contributed by atoms with Crippen molar-refractivity contribution in [2.24, 2.45) is 0 Å². The molecule has 0 saturated carbocycles.